The Morgan fingerprint density at radius 1 is 0.344 bits per heavy atom. The van der Waals surface area contributed by atoms with E-state index in [0.717, 1.165) is 50.1 Å². The SMILES string of the molecule is CC1(C)c2ccccc2-c2c(-c3ccc(N(c4cccc(-c5ccc6c(c5)oc5ccccc56)c4)c4cccc(-c5cccc6c5ccc5ccccc56)c4)cc3)cccc21. The summed E-state index contributed by atoms with van der Waals surface area (Å²) in [5.41, 5.74) is 17.5. The summed E-state index contributed by atoms with van der Waals surface area (Å²) in [5.74, 6) is 0. The van der Waals surface area contributed by atoms with Crippen LogP contribution in [0.2, 0.25) is 0 Å². The summed E-state index contributed by atoms with van der Waals surface area (Å²) in [6, 6.07) is 77.5. The first-order valence-electron chi connectivity index (χ1n) is 21.2. The average Bonchev–Trinajstić information content (AvgIpc) is 3.80. The number of hydrogen-bond acceptors (Lipinski definition) is 2. The van der Waals surface area contributed by atoms with Gasteiger partial charge in [0.2, 0.25) is 0 Å². The number of anilines is 3. The third-order valence-electron chi connectivity index (χ3n) is 13.1. The van der Waals surface area contributed by atoms with E-state index in [1.807, 2.05) is 12.1 Å². The standard InChI is InChI=1S/C59H41NO/c1-59(2)54-24-7-5-20-53(54)58-48(22-12-25-55(58)59)39-27-31-43(32-28-39)60(44-16-9-14-40(35-44)41-30-34-52-51-19-6-8-26-56(51)61-57(52)37-41)45-17-10-15-42(36-45)47-21-11-23-49-46-18-4-3-13-38(46)29-33-50(47)49/h3-37H,1-2H3. The summed E-state index contributed by atoms with van der Waals surface area (Å²) in [7, 11) is 0. The minimum Gasteiger partial charge on any atom is -0.456 e. The molecular formula is C59H41NO. The van der Waals surface area contributed by atoms with Crippen LogP contribution in [0.3, 0.4) is 0 Å². The first-order valence-corrected chi connectivity index (χ1v) is 21.2. The number of benzene rings is 10. The molecule has 12 rings (SSSR count). The monoisotopic (exact) mass is 779 g/mol. The minimum absolute atomic E-state index is 0.0547. The summed E-state index contributed by atoms with van der Waals surface area (Å²) in [6.07, 6.45) is 0. The Morgan fingerprint density at radius 3 is 1.80 bits per heavy atom. The van der Waals surface area contributed by atoms with Crippen LogP contribution in [0.4, 0.5) is 17.1 Å². The second kappa shape index (κ2) is 13.7. The molecule has 0 radical (unpaired) electrons. The first kappa shape index (κ1) is 35.3. The molecule has 0 fully saturated rings. The van der Waals surface area contributed by atoms with E-state index < -0.39 is 0 Å². The lowest BCUT2D eigenvalue weighted by Gasteiger charge is -2.27. The molecule has 0 unspecified atom stereocenters. The zero-order chi connectivity index (χ0) is 40.7. The summed E-state index contributed by atoms with van der Waals surface area (Å²) in [5, 5.41) is 7.31. The quantitative estimate of drug-likeness (QED) is 0.156. The largest absolute Gasteiger partial charge is 0.456 e. The molecule has 2 nitrogen and oxygen atoms in total. The number of para-hydroxylation sites is 1. The third kappa shape index (κ3) is 5.64. The molecule has 1 heterocycles. The van der Waals surface area contributed by atoms with Gasteiger partial charge in [-0.05, 0) is 132 Å². The van der Waals surface area contributed by atoms with Gasteiger partial charge in [0, 0.05) is 33.2 Å². The second-order valence-corrected chi connectivity index (χ2v) is 16.9. The van der Waals surface area contributed by atoms with Crippen LogP contribution >= 0.6 is 0 Å². The van der Waals surface area contributed by atoms with Crippen LogP contribution in [-0.4, -0.2) is 0 Å². The molecule has 288 valence electrons. The Hall–Kier alpha value is -7.68. The predicted molar refractivity (Wildman–Crippen MR) is 257 cm³/mol. The van der Waals surface area contributed by atoms with Crippen LogP contribution in [-0.2, 0) is 5.41 Å². The van der Waals surface area contributed by atoms with Crippen molar-refractivity contribution >= 4 is 60.5 Å². The maximum absolute atomic E-state index is 6.34. The van der Waals surface area contributed by atoms with Crippen LogP contribution in [0.5, 0.6) is 0 Å². The second-order valence-electron chi connectivity index (χ2n) is 16.9. The molecule has 61 heavy (non-hydrogen) atoms. The molecule has 2 heteroatoms. The summed E-state index contributed by atoms with van der Waals surface area (Å²) in [4.78, 5) is 2.39. The molecule has 0 amide bonds. The van der Waals surface area contributed by atoms with E-state index in [9.17, 15) is 0 Å². The van der Waals surface area contributed by atoms with Gasteiger partial charge >= 0.3 is 0 Å². The van der Waals surface area contributed by atoms with Crippen molar-refractivity contribution in [2.24, 2.45) is 0 Å². The van der Waals surface area contributed by atoms with Crippen molar-refractivity contribution in [1.29, 1.82) is 0 Å². The minimum atomic E-state index is -0.0547. The van der Waals surface area contributed by atoms with Gasteiger partial charge in [-0.15, -0.1) is 0 Å². The summed E-state index contributed by atoms with van der Waals surface area (Å²) in [6.45, 7) is 4.69. The molecule has 0 atom stereocenters. The lowest BCUT2D eigenvalue weighted by atomic mass is 9.82. The Labute approximate surface area is 355 Å². The fraction of sp³-hybridized carbons (Fsp3) is 0.0508. The van der Waals surface area contributed by atoms with E-state index in [1.54, 1.807) is 0 Å². The molecular weight excluding hydrogens is 739 g/mol. The molecule has 1 aromatic heterocycles. The molecule has 1 aliphatic rings. The van der Waals surface area contributed by atoms with Crippen molar-refractivity contribution in [3.63, 3.8) is 0 Å². The number of fused-ring (bicyclic) bond motifs is 9. The predicted octanol–water partition coefficient (Wildman–Crippen LogP) is 16.7. The fourth-order valence-electron chi connectivity index (χ4n) is 10.1. The lowest BCUT2D eigenvalue weighted by molar-refractivity contribution is 0.660. The Bertz CT molecular complexity index is 3520. The molecule has 0 saturated heterocycles. The van der Waals surface area contributed by atoms with Gasteiger partial charge < -0.3 is 9.32 Å². The zero-order valence-corrected chi connectivity index (χ0v) is 34.1. The Morgan fingerprint density at radius 2 is 0.934 bits per heavy atom. The molecule has 0 N–H and O–H groups in total. The van der Waals surface area contributed by atoms with E-state index in [4.69, 9.17) is 4.42 Å². The van der Waals surface area contributed by atoms with Crippen molar-refractivity contribution in [2.75, 3.05) is 4.90 Å². The van der Waals surface area contributed by atoms with Gasteiger partial charge in [-0.1, -0.05) is 172 Å². The molecule has 1 aliphatic carbocycles. The van der Waals surface area contributed by atoms with Gasteiger partial charge in [0.1, 0.15) is 11.2 Å². The summed E-state index contributed by atoms with van der Waals surface area (Å²) < 4.78 is 6.34. The fourth-order valence-corrected chi connectivity index (χ4v) is 10.1. The van der Waals surface area contributed by atoms with Gasteiger partial charge in [0.25, 0.3) is 0 Å². The normalized spacial score (nSPS) is 12.9. The van der Waals surface area contributed by atoms with Crippen LogP contribution < -0.4 is 4.90 Å². The first-order chi connectivity index (χ1) is 30.0. The summed E-state index contributed by atoms with van der Waals surface area (Å²) >= 11 is 0. The molecule has 0 spiro atoms. The van der Waals surface area contributed by atoms with Crippen molar-refractivity contribution in [3.05, 3.63) is 223 Å². The van der Waals surface area contributed by atoms with Crippen LogP contribution in [0, 0.1) is 0 Å². The van der Waals surface area contributed by atoms with Gasteiger partial charge in [0.05, 0.1) is 0 Å². The highest BCUT2D eigenvalue weighted by Crippen LogP contribution is 2.52. The Balaban J connectivity index is 0.999. The Kier molecular flexibility index (Phi) is 7.92. The molecule has 0 saturated carbocycles. The highest BCUT2D eigenvalue weighted by atomic mass is 16.3. The van der Waals surface area contributed by atoms with Crippen molar-refractivity contribution in [1.82, 2.24) is 0 Å². The van der Waals surface area contributed by atoms with E-state index in [0.29, 0.717) is 0 Å². The highest BCUT2D eigenvalue weighted by molar-refractivity contribution is 6.12. The van der Waals surface area contributed by atoms with Crippen LogP contribution in [0.15, 0.2) is 217 Å². The van der Waals surface area contributed by atoms with Crippen molar-refractivity contribution < 1.29 is 4.42 Å². The van der Waals surface area contributed by atoms with Gasteiger partial charge in [-0.2, -0.15) is 0 Å². The van der Waals surface area contributed by atoms with E-state index in [-0.39, 0.29) is 5.41 Å². The lowest BCUT2D eigenvalue weighted by Crippen LogP contribution is -2.14. The van der Waals surface area contributed by atoms with E-state index >= 15 is 0 Å². The number of rotatable bonds is 6. The van der Waals surface area contributed by atoms with E-state index in [2.05, 4.69) is 219 Å². The van der Waals surface area contributed by atoms with E-state index in [1.165, 1.54) is 66.1 Å². The van der Waals surface area contributed by atoms with Crippen LogP contribution in [0.25, 0.3) is 88.0 Å². The molecule has 11 aromatic rings. The topological polar surface area (TPSA) is 16.4 Å². The van der Waals surface area contributed by atoms with Gasteiger partial charge in [-0.25, -0.2) is 0 Å². The van der Waals surface area contributed by atoms with Gasteiger partial charge in [-0.3, -0.25) is 0 Å². The number of furan rings is 1. The number of nitrogens with zero attached hydrogens (tertiary/aromatic N) is 1. The average molecular weight is 780 g/mol. The molecule has 0 bridgehead atoms. The third-order valence-corrected chi connectivity index (χ3v) is 13.1. The van der Waals surface area contributed by atoms with Crippen LogP contribution in [0.1, 0.15) is 25.0 Å². The number of hydrogen-bond donors (Lipinski definition) is 0. The molecule has 0 aliphatic heterocycles. The molecule has 10 aromatic carbocycles. The maximum Gasteiger partial charge on any atom is 0.136 e. The van der Waals surface area contributed by atoms with Gasteiger partial charge in [0.15, 0.2) is 0 Å². The van der Waals surface area contributed by atoms with Crippen molar-refractivity contribution in [2.45, 2.75) is 19.3 Å². The smallest absolute Gasteiger partial charge is 0.136 e. The highest BCUT2D eigenvalue weighted by Gasteiger charge is 2.36. The maximum atomic E-state index is 6.34. The zero-order valence-electron chi connectivity index (χ0n) is 34.1. The van der Waals surface area contributed by atoms with Crippen molar-refractivity contribution in [3.8, 4) is 44.5 Å².